The van der Waals surface area contributed by atoms with Gasteiger partial charge in [-0.3, -0.25) is 4.99 Å². The number of aryl methyl sites for hydroxylation is 2. The molecule has 2 heterocycles. The molecule has 0 aromatic carbocycles. The second kappa shape index (κ2) is 10.0. The van der Waals surface area contributed by atoms with Gasteiger partial charge in [0, 0.05) is 38.7 Å². The zero-order chi connectivity index (χ0) is 15.1. The molecule has 2 N–H and O–H groups in total. The second-order valence-corrected chi connectivity index (χ2v) is 5.18. The molecule has 0 saturated carbocycles. The number of aromatic nitrogens is 1. The summed E-state index contributed by atoms with van der Waals surface area (Å²) >= 11 is 0. The molecule has 0 spiro atoms. The molecule has 22 heavy (non-hydrogen) atoms. The van der Waals surface area contributed by atoms with Crippen molar-refractivity contribution in [3.8, 4) is 0 Å². The van der Waals surface area contributed by atoms with Gasteiger partial charge in [0.2, 0.25) is 0 Å². The van der Waals surface area contributed by atoms with Crippen LogP contribution in [-0.4, -0.2) is 37.4 Å². The molecule has 1 fully saturated rings. The van der Waals surface area contributed by atoms with Crippen LogP contribution in [0.4, 0.5) is 0 Å². The summed E-state index contributed by atoms with van der Waals surface area (Å²) in [6.45, 7) is 6.52. The highest BCUT2D eigenvalue weighted by Gasteiger charge is 2.16. The number of hydrogen-bond acceptors (Lipinski definition) is 4. The van der Waals surface area contributed by atoms with Crippen molar-refractivity contribution in [1.29, 1.82) is 0 Å². The third-order valence-electron chi connectivity index (χ3n) is 3.78. The maximum absolute atomic E-state index is 5.60. The summed E-state index contributed by atoms with van der Waals surface area (Å²) in [7, 11) is 1.78. The summed E-state index contributed by atoms with van der Waals surface area (Å²) in [4.78, 5) is 4.25. The van der Waals surface area contributed by atoms with Crippen molar-refractivity contribution in [2.24, 2.45) is 4.99 Å². The van der Waals surface area contributed by atoms with Gasteiger partial charge in [-0.15, -0.1) is 24.0 Å². The number of nitrogens with zero attached hydrogens (tertiary/aromatic N) is 2. The van der Waals surface area contributed by atoms with Crippen molar-refractivity contribution in [3.05, 3.63) is 17.0 Å². The lowest BCUT2D eigenvalue weighted by atomic mass is 10.1. The summed E-state index contributed by atoms with van der Waals surface area (Å²) in [6.07, 6.45) is 4.31. The number of hydrogen-bond donors (Lipinski definition) is 2. The summed E-state index contributed by atoms with van der Waals surface area (Å²) in [6, 6.07) is 0. The lowest BCUT2D eigenvalue weighted by Gasteiger charge is -2.15. The molecular formula is C15H27IN4O2. The van der Waals surface area contributed by atoms with E-state index in [1.165, 1.54) is 0 Å². The normalized spacial score (nSPS) is 18.1. The molecule has 1 unspecified atom stereocenters. The smallest absolute Gasteiger partial charge is 0.191 e. The minimum atomic E-state index is 0. The highest BCUT2D eigenvalue weighted by Crippen LogP contribution is 2.15. The van der Waals surface area contributed by atoms with Gasteiger partial charge in [0.05, 0.1) is 11.8 Å². The van der Waals surface area contributed by atoms with Crippen LogP contribution in [0.3, 0.4) is 0 Å². The molecule has 0 bridgehead atoms. The second-order valence-electron chi connectivity index (χ2n) is 5.18. The first kappa shape index (κ1) is 19.2. The standard InChI is InChI=1S/C15H26N4O2.HI/c1-4-13-12(14(5-2)21-19-13)10-18-15(16-3)17-9-11-7-6-8-20-11;/h11H,4-10H2,1-3H3,(H2,16,17,18);1H. The van der Waals surface area contributed by atoms with Crippen LogP contribution < -0.4 is 10.6 Å². The van der Waals surface area contributed by atoms with Crippen molar-refractivity contribution in [3.63, 3.8) is 0 Å². The molecule has 1 saturated heterocycles. The summed E-state index contributed by atoms with van der Waals surface area (Å²) < 4.78 is 11.0. The van der Waals surface area contributed by atoms with Gasteiger partial charge in [0.15, 0.2) is 5.96 Å². The predicted octanol–water partition coefficient (Wildman–Crippen LogP) is 2.26. The molecule has 0 amide bonds. The Morgan fingerprint density at radius 2 is 2.14 bits per heavy atom. The molecule has 2 rings (SSSR count). The van der Waals surface area contributed by atoms with E-state index in [1.807, 2.05) is 0 Å². The molecular weight excluding hydrogens is 395 g/mol. The van der Waals surface area contributed by atoms with Crippen molar-refractivity contribution >= 4 is 29.9 Å². The predicted molar refractivity (Wildman–Crippen MR) is 97.8 cm³/mol. The van der Waals surface area contributed by atoms with Gasteiger partial charge < -0.3 is 19.9 Å². The van der Waals surface area contributed by atoms with Crippen LogP contribution in [0.15, 0.2) is 9.52 Å². The van der Waals surface area contributed by atoms with Crippen molar-refractivity contribution in [2.75, 3.05) is 20.2 Å². The van der Waals surface area contributed by atoms with Gasteiger partial charge in [0.25, 0.3) is 0 Å². The Balaban J connectivity index is 0.00000242. The first-order valence-corrected chi connectivity index (χ1v) is 7.80. The summed E-state index contributed by atoms with van der Waals surface area (Å²) in [5.74, 6) is 1.74. The Morgan fingerprint density at radius 3 is 2.73 bits per heavy atom. The van der Waals surface area contributed by atoms with Crippen LogP contribution in [0.5, 0.6) is 0 Å². The number of halogens is 1. The molecule has 1 aliphatic rings. The van der Waals surface area contributed by atoms with E-state index in [-0.39, 0.29) is 24.0 Å². The fourth-order valence-corrected chi connectivity index (χ4v) is 2.55. The van der Waals surface area contributed by atoms with E-state index >= 15 is 0 Å². The van der Waals surface area contributed by atoms with E-state index in [9.17, 15) is 0 Å². The molecule has 6 nitrogen and oxygen atoms in total. The highest BCUT2D eigenvalue weighted by atomic mass is 127. The van der Waals surface area contributed by atoms with Crippen molar-refractivity contribution in [1.82, 2.24) is 15.8 Å². The Labute approximate surface area is 149 Å². The average Bonchev–Trinajstić information content (AvgIpc) is 3.16. The van der Waals surface area contributed by atoms with E-state index in [4.69, 9.17) is 9.26 Å². The number of guanidine groups is 1. The largest absolute Gasteiger partial charge is 0.376 e. The minimum Gasteiger partial charge on any atom is -0.376 e. The number of nitrogens with one attached hydrogen (secondary N) is 2. The Morgan fingerprint density at radius 1 is 1.32 bits per heavy atom. The summed E-state index contributed by atoms with van der Waals surface area (Å²) in [5.41, 5.74) is 2.17. The van der Waals surface area contributed by atoms with Crippen LogP contribution in [0.2, 0.25) is 0 Å². The lowest BCUT2D eigenvalue weighted by Crippen LogP contribution is -2.40. The van der Waals surface area contributed by atoms with Crippen LogP contribution >= 0.6 is 24.0 Å². The van der Waals surface area contributed by atoms with Gasteiger partial charge in [-0.25, -0.2) is 0 Å². The fourth-order valence-electron chi connectivity index (χ4n) is 2.55. The van der Waals surface area contributed by atoms with Gasteiger partial charge in [-0.1, -0.05) is 19.0 Å². The van der Waals surface area contributed by atoms with Gasteiger partial charge >= 0.3 is 0 Å². The Bertz CT molecular complexity index is 449. The van der Waals surface area contributed by atoms with Gasteiger partial charge in [-0.05, 0) is 19.3 Å². The van der Waals surface area contributed by atoms with Crippen LogP contribution in [-0.2, 0) is 24.1 Å². The third-order valence-corrected chi connectivity index (χ3v) is 3.78. The monoisotopic (exact) mass is 422 g/mol. The maximum Gasteiger partial charge on any atom is 0.191 e. The molecule has 7 heteroatoms. The zero-order valence-corrected chi connectivity index (χ0v) is 16.0. The molecule has 0 aliphatic carbocycles. The summed E-state index contributed by atoms with van der Waals surface area (Å²) in [5, 5.41) is 10.8. The zero-order valence-electron chi connectivity index (χ0n) is 13.6. The number of ether oxygens (including phenoxy) is 1. The highest BCUT2D eigenvalue weighted by molar-refractivity contribution is 14.0. The first-order chi connectivity index (χ1) is 10.3. The lowest BCUT2D eigenvalue weighted by molar-refractivity contribution is 0.114. The third kappa shape index (κ3) is 5.12. The topological polar surface area (TPSA) is 71.7 Å². The number of aliphatic imine (C=N–C) groups is 1. The molecule has 1 aromatic rings. The van der Waals surface area contributed by atoms with E-state index in [0.717, 1.165) is 61.8 Å². The van der Waals surface area contributed by atoms with Gasteiger partial charge in [-0.2, -0.15) is 0 Å². The van der Waals surface area contributed by atoms with Crippen LogP contribution in [0, 0.1) is 0 Å². The SMILES string of the molecule is CCc1noc(CC)c1CNC(=NC)NCC1CCCO1.I. The quantitative estimate of drug-likeness (QED) is 0.418. The molecule has 126 valence electrons. The number of rotatable bonds is 6. The van der Waals surface area contributed by atoms with Crippen molar-refractivity contribution in [2.45, 2.75) is 52.2 Å². The van der Waals surface area contributed by atoms with E-state index in [0.29, 0.717) is 12.6 Å². The van der Waals surface area contributed by atoms with Gasteiger partial charge in [0.1, 0.15) is 5.76 Å². The fraction of sp³-hybridized carbons (Fsp3) is 0.733. The van der Waals surface area contributed by atoms with Crippen LogP contribution in [0.1, 0.15) is 43.7 Å². The molecule has 0 radical (unpaired) electrons. The van der Waals surface area contributed by atoms with E-state index in [1.54, 1.807) is 7.05 Å². The van der Waals surface area contributed by atoms with Crippen LogP contribution in [0.25, 0.3) is 0 Å². The maximum atomic E-state index is 5.60. The Kier molecular flexibility index (Phi) is 8.77. The molecule has 1 aliphatic heterocycles. The molecule has 1 atom stereocenters. The van der Waals surface area contributed by atoms with E-state index in [2.05, 4.69) is 34.6 Å². The first-order valence-electron chi connectivity index (χ1n) is 7.80. The van der Waals surface area contributed by atoms with Crippen molar-refractivity contribution < 1.29 is 9.26 Å². The van der Waals surface area contributed by atoms with E-state index < -0.39 is 0 Å². The Hall–Kier alpha value is -0.830. The molecule has 1 aromatic heterocycles. The minimum absolute atomic E-state index is 0. The average molecular weight is 422 g/mol.